The van der Waals surface area contributed by atoms with Gasteiger partial charge in [0, 0.05) is 5.56 Å². The fraction of sp³-hybridized carbons (Fsp3) is 0.200. The second-order valence-electron chi connectivity index (χ2n) is 4.17. The predicted molar refractivity (Wildman–Crippen MR) is 68.2 cm³/mol. The second kappa shape index (κ2) is 5.27. The van der Waals surface area contributed by atoms with Crippen molar-refractivity contribution in [2.75, 3.05) is 0 Å². The van der Waals surface area contributed by atoms with Gasteiger partial charge < -0.3 is 5.73 Å². The Kier molecular flexibility index (Phi) is 3.72. The van der Waals surface area contributed by atoms with Crippen molar-refractivity contribution in [3.8, 4) is 0 Å². The third-order valence-corrected chi connectivity index (χ3v) is 3.08. The highest BCUT2D eigenvalue weighted by Crippen LogP contribution is 2.27. The highest BCUT2D eigenvalue weighted by Gasteiger charge is 2.19. The zero-order valence-electron chi connectivity index (χ0n) is 10.2. The first kappa shape index (κ1) is 12.7. The van der Waals surface area contributed by atoms with Crippen molar-refractivity contribution in [1.82, 2.24) is 0 Å². The minimum Gasteiger partial charge on any atom is -0.320 e. The van der Waals surface area contributed by atoms with Gasteiger partial charge in [-0.2, -0.15) is 0 Å². The zero-order valence-corrected chi connectivity index (χ0v) is 10.2. The Morgan fingerprint density at radius 1 is 1.00 bits per heavy atom. The largest absolute Gasteiger partial charge is 0.320 e. The van der Waals surface area contributed by atoms with Gasteiger partial charge in [-0.1, -0.05) is 37.3 Å². The van der Waals surface area contributed by atoms with Gasteiger partial charge in [-0.05, 0) is 29.7 Å². The van der Waals surface area contributed by atoms with E-state index in [1.807, 2.05) is 31.2 Å². The van der Waals surface area contributed by atoms with Crippen LogP contribution in [0.15, 0.2) is 42.5 Å². The molecular weight excluding hydrogens is 232 g/mol. The summed E-state index contributed by atoms with van der Waals surface area (Å²) in [7, 11) is 0. The van der Waals surface area contributed by atoms with Crippen LogP contribution in [0.3, 0.4) is 0 Å². The minimum absolute atomic E-state index is 0.0709. The summed E-state index contributed by atoms with van der Waals surface area (Å²) in [5.74, 6) is -1.21. The molecule has 3 heteroatoms. The molecule has 1 unspecified atom stereocenters. The summed E-state index contributed by atoms with van der Waals surface area (Å²) in [5.41, 5.74) is 7.72. The van der Waals surface area contributed by atoms with E-state index in [1.165, 1.54) is 18.2 Å². The molecule has 2 aromatic rings. The SMILES string of the molecule is CCc1ccccc1C(N)c1c(F)cccc1F. The normalized spacial score (nSPS) is 12.4. The summed E-state index contributed by atoms with van der Waals surface area (Å²) in [5, 5.41) is 0. The molecule has 1 atom stereocenters. The summed E-state index contributed by atoms with van der Waals surface area (Å²) < 4.78 is 27.4. The number of hydrogen-bond acceptors (Lipinski definition) is 1. The number of hydrogen-bond donors (Lipinski definition) is 1. The molecule has 94 valence electrons. The van der Waals surface area contributed by atoms with Crippen molar-refractivity contribution in [3.05, 3.63) is 70.8 Å². The first-order chi connectivity index (χ1) is 8.65. The van der Waals surface area contributed by atoms with Crippen LogP contribution in [0.2, 0.25) is 0 Å². The Hall–Kier alpha value is -1.74. The maximum atomic E-state index is 13.7. The van der Waals surface area contributed by atoms with E-state index in [0.717, 1.165) is 17.5 Å². The average Bonchev–Trinajstić information content (AvgIpc) is 2.38. The molecule has 1 nitrogen and oxygen atoms in total. The van der Waals surface area contributed by atoms with Gasteiger partial charge in [-0.15, -0.1) is 0 Å². The Labute approximate surface area is 105 Å². The van der Waals surface area contributed by atoms with Crippen molar-refractivity contribution in [2.45, 2.75) is 19.4 Å². The van der Waals surface area contributed by atoms with E-state index in [0.29, 0.717) is 0 Å². The van der Waals surface area contributed by atoms with Crippen LogP contribution in [0.25, 0.3) is 0 Å². The number of rotatable bonds is 3. The Bertz CT molecular complexity index is 532. The second-order valence-corrected chi connectivity index (χ2v) is 4.17. The molecule has 0 amide bonds. The van der Waals surface area contributed by atoms with E-state index in [2.05, 4.69) is 0 Å². The van der Waals surface area contributed by atoms with Crippen molar-refractivity contribution < 1.29 is 8.78 Å². The third-order valence-electron chi connectivity index (χ3n) is 3.08. The van der Waals surface area contributed by atoms with Crippen molar-refractivity contribution >= 4 is 0 Å². The maximum absolute atomic E-state index is 13.7. The van der Waals surface area contributed by atoms with E-state index in [-0.39, 0.29) is 5.56 Å². The van der Waals surface area contributed by atoms with E-state index >= 15 is 0 Å². The van der Waals surface area contributed by atoms with E-state index in [9.17, 15) is 8.78 Å². The van der Waals surface area contributed by atoms with E-state index in [1.54, 1.807) is 0 Å². The molecule has 0 saturated heterocycles. The van der Waals surface area contributed by atoms with Crippen molar-refractivity contribution in [1.29, 1.82) is 0 Å². The van der Waals surface area contributed by atoms with Crippen LogP contribution in [-0.2, 0) is 6.42 Å². The van der Waals surface area contributed by atoms with Crippen LogP contribution in [0, 0.1) is 11.6 Å². The lowest BCUT2D eigenvalue weighted by atomic mass is 9.93. The Morgan fingerprint density at radius 2 is 1.61 bits per heavy atom. The van der Waals surface area contributed by atoms with E-state index < -0.39 is 17.7 Å². The molecule has 2 aromatic carbocycles. The molecule has 0 aromatic heterocycles. The van der Waals surface area contributed by atoms with Crippen molar-refractivity contribution in [2.24, 2.45) is 5.73 Å². The first-order valence-electron chi connectivity index (χ1n) is 5.92. The number of halogens is 2. The van der Waals surface area contributed by atoms with Crippen LogP contribution < -0.4 is 5.73 Å². The lowest BCUT2D eigenvalue weighted by Crippen LogP contribution is -2.17. The average molecular weight is 247 g/mol. The fourth-order valence-corrected chi connectivity index (χ4v) is 2.12. The van der Waals surface area contributed by atoms with Crippen molar-refractivity contribution in [3.63, 3.8) is 0 Å². The summed E-state index contributed by atoms with van der Waals surface area (Å²) in [6.45, 7) is 1.99. The van der Waals surface area contributed by atoms with Crippen LogP contribution in [-0.4, -0.2) is 0 Å². The molecule has 0 aliphatic rings. The van der Waals surface area contributed by atoms with Gasteiger partial charge in [-0.3, -0.25) is 0 Å². The summed E-state index contributed by atoms with van der Waals surface area (Å²) in [6, 6.07) is 10.5. The molecular formula is C15H15F2N. The van der Waals surface area contributed by atoms with Gasteiger partial charge in [0.25, 0.3) is 0 Å². The minimum atomic E-state index is -0.776. The third kappa shape index (κ3) is 2.27. The van der Waals surface area contributed by atoms with Gasteiger partial charge in [0.2, 0.25) is 0 Å². The van der Waals surface area contributed by atoms with Crippen LogP contribution in [0.4, 0.5) is 8.78 Å². The highest BCUT2D eigenvalue weighted by molar-refractivity contribution is 5.38. The number of benzene rings is 2. The molecule has 2 N–H and O–H groups in total. The highest BCUT2D eigenvalue weighted by atomic mass is 19.1. The molecule has 0 radical (unpaired) electrons. The molecule has 0 aliphatic heterocycles. The smallest absolute Gasteiger partial charge is 0.131 e. The van der Waals surface area contributed by atoms with Gasteiger partial charge in [-0.25, -0.2) is 8.78 Å². The standard InChI is InChI=1S/C15H15F2N/c1-2-10-6-3-4-7-11(10)15(18)14-12(16)8-5-9-13(14)17/h3-9,15H,2,18H2,1H3. The summed E-state index contributed by atoms with van der Waals surface area (Å²) in [6.07, 6.45) is 0.778. The Balaban J connectivity index is 2.51. The van der Waals surface area contributed by atoms with Gasteiger partial charge in [0.1, 0.15) is 11.6 Å². The van der Waals surface area contributed by atoms with Gasteiger partial charge in [0.15, 0.2) is 0 Å². The quantitative estimate of drug-likeness (QED) is 0.881. The Morgan fingerprint density at radius 3 is 2.22 bits per heavy atom. The molecule has 0 heterocycles. The topological polar surface area (TPSA) is 26.0 Å². The number of aryl methyl sites for hydroxylation is 1. The molecule has 0 aliphatic carbocycles. The van der Waals surface area contributed by atoms with Gasteiger partial charge >= 0.3 is 0 Å². The predicted octanol–water partition coefficient (Wildman–Crippen LogP) is 3.58. The fourth-order valence-electron chi connectivity index (χ4n) is 2.12. The number of nitrogens with two attached hydrogens (primary N) is 1. The monoisotopic (exact) mass is 247 g/mol. The van der Waals surface area contributed by atoms with E-state index in [4.69, 9.17) is 5.73 Å². The maximum Gasteiger partial charge on any atom is 0.131 e. The molecule has 18 heavy (non-hydrogen) atoms. The van der Waals surface area contributed by atoms with Crippen LogP contribution in [0.5, 0.6) is 0 Å². The lowest BCUT2D eigenvalue weighted by Gasteiger charge is -2.17. The first-order valence-corrected chi connectivity index (χ1v) is 5.92. The molecule has 2 rings (SSSR count). The molecule has 0 bridgehead atoms. The van der Waals surface area contributed by atoms with Crippen LogP contribution >= 0.6 is 0 Å². The molecule has 0 spiro atoms. The lowest BCUT2D eigenvalue weighted by molar-refractivity contribution is 0.542. The van der Waals surface area contributed by atoms with Crippen LogP contribution in [0.1, 0.15) is 29.7 Å². The molecule has 0 fully saturated rings. The zero-order chi connectivity index (χ0) is 13.1. The van der Waals surface area contributed by atoms with Gasteiger partial charge in [0.05, 0.1) is 6.04 Å². The summed E-state index contributed by atoms with van der Waals surface area (Å²) in [4.78, 5) is 0. The summed E-state index contributed by atoms with van der Waals surface area (Å²) >= 11 is 0. The molecule has 0 saturated carbocycles.